The summed E-state index contributed by atoms with van der Waals surface area (Å²) >= 11 is 0. The van der Waals surface area contributed by atoms with Crippen molar-refractivity contribution in [2.45, 2.75) is 296 Å². The van der Waals surface area contributed by atoms with Crippen molar-refractivity contribution >= 4 is 33.6 Å². The van der Waals surface area contributed by atoms with Crippen LogP contribution in [0.5, 0.6) is 0 Å². The summed E-state index contributed by atoms with van der Waals surface area (Å²) in [5, 5.41) is 20.6. The van der Waals surface area contributed by atoms with Gasteiger partial charge in [-0.2, -0.15) is 0 Å². The third-order valence-electron chi connectivity index (χ3n) is 15.2. The van der Waals surface area contributed by atoms with E-state index in [1.165, 1.54) is 44.9 Å². The Kier molecular flexibility index (Phi) is 69.4. The van der Waals surface area contributed by atoms with Gasteiger partial charge in [-0.1, -0.05) is 275 Å². The van der Waals surface area contributed by atoms with Crippen LogP contribution in [0.3, 0.4) is 0 Å². The highest BCUT2D eigenvalue weighted by Crippen LogP contribution is 2.45. The number of carbonyl (C=O) groups excluding carboxylic acids is 3. The standard InChI is InChI=1S/C81H134O16P2/c1-4-7-10-13-16-19-22-25-28-31-33-34-35-36-37-38-39-40-42-45-46-49-52-55-58-61-64-67-79(84)91-70-76(82)71-93-98(87,88)94-72-77(83)73-95-99(89,90)96-75-78(97-81(86)69-66-63-60-57-54-51-48-43-30-27-24-21-18-15-12-9-6-3)74-92-80(85)68-65-62-59-56-53-50-47-44-41-32-29-26-23-20-17-14-11-8-5-2/h7-12,16-21,25-30,33-34,36-37,41,44,48,51,76-78,82-83H,4-6,13-15,22-24,31-32,35,38-40,42-43,45-47,49-50,52-75H2,1-3H3,(H,87,88)(H,89,90)/b10-7-,11-8-,12-9-,19-16-,20-17-,21-18-,28-25-,29-26-,30-27-,34-33-,37-36-,44-41-,51-48-. The van der Waals surface area contributed by atoms with E-state index in [1.54, 1.807) is 0 Å². The number of hydrogen-bond donors (Lipinski definition) is 4. The zero-order valence-corrected chi connectivity index (χ0v) is 63.1. The van der Waals surface area contributed by atoms with E-state index in [0.29, 0.717) is 19.3 Å². The van der Waals surface area contributed by atoms with Gasteiger partial charge in [0.2, 0.25) is 0 Å². The molecule has 564 valence electrons. The summed E-state index contributed by atoms with van der Waals surface area (Å²) in [6, 6.07) is 0. The van der Waals surface area contributed by atoms with Crippen LogP contribution in [-0.4, -0.2) is 95.9 Å². The zero-order valence-electron chi connectivity index (χ0n) is 61.4. The van der Waals surface area contributed by atoms with Crippen molar-refractivity contribution in [1.82, 2.24) is 0 Å². The number of aliphatic hydroxyl groups excluding tert-OH is 2. The normalized spacial score (nSPS) is 14.9. The summed E-state index contributed by atoms with van der Waals surface area (Å²) in [6.45, 7) is 2.28. The highest BCUT2D eigenvalue weighted by Gasteiger charge is 2.29. The Balaban J connectivity index is 4.62. The molecule has 16 nitrogen and oxygen atoms in total. The van der Waals surface area contributed by atoms with Gasteiger partial charge in [-0.3, -0.25) is 32.5 Å². The van der Waals surface area contributed by atoms with Gasteiger partial charge in [-0.25, -0.2) is 9.13 Å². The molecule has 0 saturated heterocycles. The molecule has 5 unspecified atom stereocenters. The van der Waals surface area contributed by atoms with E-state index >= 15 is 0 Å². The Bertz CT molecular complexity index is 2430. The van der Waals surface area contributed by atoms with Crippen LogP contribution >= 0.6 is 15.6 Å². The number of rotatable bonds is 70. The second-order valence-electron chi connectivity index (χ2n) is 24.7. The largest absolute Gasteiger partial charge is 0.472 e. The summed E-state index contributed by atoms with van der Waals surface area (Å²) in [5.41, 5.74) is 0. The lowest BCUT2D eigenvalue weighted by Gasteiger charge is -2.21. The number of esters is 3. The Morgan fingerprint density at radius 1 is 0.283 bits per heavy atom. The molecule has 0 aromatic heterocycles. The number of aliphatic hydroxyl groups is 2. The van der Waals surface area contributed by atoms with Gasteiger partial charge < -0.3 is 34.2 Å². The molecular formula is C81H134O16P2. The van der Waals surface area contributed by atoms with Crippen molar-refractivity contribution in [3.05, 3.63) is 158 Å². The van der Waals surface area contributed by atoms with Gasteiger partial charge in [-0.05, 0) is 141 Å². The maximum atomic E-state index is 13.0. The summed E-state index contributed by atoms with van der Waals surface area (Å²) in [7, 11) is -9.81. The summed E-state index contributed by atoms with van der Waals surface area (Å²) in [6.07, 6.45) is 90.0. The average Bonchev–Trinajstić information content (AvgIpc) is 2.62. The van der Waals surface area contributed by atoms with E-state index < -0.39 is 91.5 Å². The fourth-order valence-electron chi connectivity index (χ4n) is 9.58. The van der Waals surface area contributed by atoms with Crippen LogP contribution in [0.1, 0.15) is 278 Å². The molecule has 0 rings (SSSR count). The monoisotopic (exact) mass is 1420 g/mol. The quantitative estimate of drug-likeness (QED) is 0.0146. The molecule has 0 spiro atoms. The predicted molar refractivity (Wildman–Crippen MR) is 408 cm³/mol. The van der Waals surface area contributed by atoms with Crippen molar-refractivity contribution in [3.63, 3.8) is 0 Å². The number of allylic oxidation sites excluding steroid dienone is 26. The number of unbranched alkanes of at least 4 members (excludes halogenated alkanes) is 21. The highest BCUT2D eigenvalue weighted by molar-refractivity contribution is 7.47. The van der Waals surface area contributed by atoms with Gasteiger partial charge in [0.05, 0.1) is 26.4 Å². The molecule has 0 heterocycles. The van der Waals surface area contributed by atoms with E-state index in [9.17, 15) is 43.5 Å². The third-order valence-corrected chi connectivity index (χ3v) is 17.1. The molecular weight excluding hydrogens is 1290 g/mol. The van der Waals surface area contributed by atoms with Gasteiger partial charge in [-0.15, -0.1) is 0 Å². The van der Waals surface area contributed by atoms with Crippen molar-refractivity contribution in [2.24, 2.45) is 0 Å². The van der Waals surface area contributed by atoms with Crippen LogP contribution in [0.25, 0.3) is 0 Å². The minimum Gasteiger partial charge on any atom is -0.463 e. The van der Waals surface area contributed by atoms with E-state index in [1.807, 2.05) is 0 Å². The molecule has 0 aromatic rings. The topological polar surface area (TPSA) is 231 Å². The van der Waals surface area contributed by atoms with Gasteiger partial charge in [0.1, 0.15) is 25.4 Å². The fourth-order valence-corrected chi connectivity index (χ4v) is 11.2. The van der Waals surface area contributed by atoms with E-state index in [2.05, 4.69) is 179 Å². The molecule has 0 aliphatic rings. The van der Waals surface area contributed by atoms with Crippen LogP contribution in [0, 0.1) is 0 Å². The van der Waals surface area contributed by atoms with E-state index in [0.717, 1.165) is 173 Å². The lowest BCUT2D eigenvalue weighted by molar-refractivity contribution is -0.161. The number of ether oxygens (including phenoxy) is 3. The molecule has 0 saturated carbocycles. The molecule has 5 atom stereocenters. The lowest BCUT2D eigenvalue weighted by atomic mass is 10.0. The maximum Gasteiger partial charge on any atom is 0.472 e. The van der Waals surface area contributed by atoms with Gasteiger partial charge >= 0.3 is 33.6 Å². The summed E-state index contributed by atoms with van der Waals surface area (Å²) in [4.78, 5) is 58.6. The van der Waals surface area contributed by atoms with Crippen LogP contribution < -0.4 is 0 Å². The average molecular weight is 1430 g/mol. The van der Waals surface area contributed by atoms with Crippen molar-refractivity contribution in [2.75, 3.05) is 39.6 Å². The fraction of sp³-hybridized carbons (Fsp3) is 0.642. The first-order valence-corrected chi connectivity index (χ1v) is 40.8. The van der Waals surface area contributed by atoms with Crippen LogP contribution in [-0.2, 0) is 55.8 Å². The highest BCUT2D eigenvalue weighted by atomic mass is 31.2. The zero-order chi connectivity index (χ0) is 72.3. The lowest BCUT2D eigenvalue weighted by Crippen LogP contribution is -2.30. The summed E-state index contributed by atoms with van der Waals surface area (Å²) < 4.78 is 61.1. The Morgan fingerprint density at radius 2 is 0.505 bits per heavy atom. The first-order valence-electron chi connectivity index (χ1n) is 37.8. The minimum absolute atomic E-state index is 0.0681. The number of phosphoric acid groups is 2. The van der Waals surface area contributed by atoms with Gasteiger partial charge in [0.25, 0.3) is 0 Å². The number of phosphoric ester groups is 2. The molecule has 0 aromatic carbocycles. The molecule has 0 fully saturated rings. The van der Waals surface area contributed by atoms with Crippen molar-refractivity contribution in [1.29, 1.82) is 0 Å². The first-order chi connectivity index (χ1) is 48.2. The maximum absolute atomic E-state index is 13.0. The van der Waals surface area contributed by atoms with Gasteiger partial charge in [0.15, 0.2) is 6.10 Å². The third kappa shape index (κ3) is 74.2. The molecule has 4 N–H and O–H groups in total. The second-order valence-corrected chi connectivity index (χ2v) is 27.6. The van der Waals surface area contributed by atoms with E-state index in [-0.39, 0.29) is 19.3 Å². The molecule has 0 amide bonds. The second kappa shape index (κ2) is 72.9. The molecule has 0 aliphatic carbocycles. The first kappa shape index (κ1) is 94.2. The SMILES string of the molecule is CC/C=C\C/C=C\C/C=C\C/C=C\C/C=C\CCCCCCCCCCCCCC(=O)OCC(O)COP(=O)(O)OCC(O)COP(=O)(O)OCC(COC(=O)CCCCCCCC/C=C\C/C=C\C/C=C\C/C=C\CC)OC(=O)CCCCCC/C=C\C/C=C\C/C=C\C/C=C\CC. The molecule has 99 heavy (non-hydrogen) atoms. The molecule has 18 heteroatoms. The van der Waals surface area contributed by atoms with Crippen molar-refractivity contribution in [3.8, 4) is 0 Å². The Hall–Kier alpha value is -4.83. The number of hydrogen-bond acceptors (Lipinski definition) is 14. The Labute approximate surface area is 600 Å². The van der Waals surface area contributed by atoms with Gasteiger partial charge in [0, 0.05) is 19.3 Å². The Morgan fingerprint density at radius 3 is 0.798 bits per heavy atom. The van der Waals surface area contributed by atoms with E-state index in [4.69, 9.17) is 32.3 Å². The van der Waals surface area contributed by atoms with Crippen LogP contribution in [0.4, 0.5) is 0 Å². The minimum atomic E-state index is -4.95. The molecule has 0 radical (unpaired) electrons. The van der Waals surface area contributed by atoms with Crippen molar-refractivity contribution < 1.29 is 75.8 Å². The van der Waals surface area contributed by atoms with Crippen LogP contribution in [0.2, 0.25) is 0 Å². The molecule has 0 bridgehead atoms. The number of carbonyl (C=O) groups is 3. The smallest absolute Gasteiger partial charge is 0.463 e. The predicted octanol–water partition coefficient (Wildman–Crippen LogP) is 21.9. The molecule has 0 aliphatic heterocycles. The van der Waals surface area contributed by atoms with Crippen LogP contribution in [0.15, 0.2) is 158 Å². The summed E-state index contributed by atoms with van der Waals surface area (Å²) in [5.74, 6) is -1.63.